The molecule has 3 nitrogen and oxygen atoms in total. The van der Waals surface area contributed by atoms with Crippen molar-refractivity contribution >= 4 is 21.8 Å². The van der Waals surface area contributed by atoms with E-state index in [1.54, 1.807) is 12.1 Å². The average Bonchev–Trinajstić information content (AvgIpc) is 2.33. The number of hydrogen-bond donors (Lipinski definition) is 1. The highest BCUT2D eigenvalue weighted by Crippen LogP contribution is 2.20. The first kappa shape index (κ1) is 14.5. The molecule has 1 aromatic rings. The molecule has 104 valence electrons. The topological polar surface area (TPSA) is 46.3 Å². The highest BCUT2D eigenvalue weighted by molar-refractivity contribution is 9.10. The van der Waals surface area contributed by atoms with E-state index in [0.29, 0.717) is 17.4 Å². The van der Waals surface area contributed by atoms with Gasteiger partial charge in [-0.3, -0.25) is 4.79 Å². The molecule has 1 fully saturated rings. The molecule has 0 aliphatic carbocycles. The van der Waals surface area contributed by atoms with Gasteiger partial charge in [0.25, 0.3) is 0 Å². The van der Waals surface area contributed by atoms with Gasteiger partial charge in [0.1, 0.15) is 5.82 Å². The minimum Gasteiger partial charge on any atom is -0.340 e. The van der Waals surface area contributed by atoms with Gasteiger partial charge in [-0.25, -0.2) is 4.39 Å². The number of likely N-dealkylation sites (tertiary alicyclic amines) is 1. The van der Waals surface area contributed by atoms with E-state index in [4.69, 9.17) is 5.73 Å². The number of carbonyl (C=O) groups excluding carboxylic acids is 1. The normalized spacial score (nSPS) is 23.5. The second-order valence-corrected chi connectivity index (χ2v) is 6.00. The van der Waals surface area contributed by atoms with E-state index in [1.807, 2.05) is 11.8 Å². The van der Waals surface area contributed by atoms with Crippen LogP contribution in [0.3, 0.4) is 0 Å². The molecule has 19 heavy (non-hydrogen) atoms. The monoisotopic (exact) mass is 328 g/mol. The Bertz CT molecular complexity index is 481. The summed E-state index contributed by atoms with van der Waals surface area (Å²) in [6.07, 6.45) is 2.00. The molecular formula is C14H18BrFN2O. The van der Waals surface area contributed by atoms with E-state index in [9.17, 15) is 9.18 Å². The van der Waals surface area contributed by atoms with Crippen molar-refractivity contribution in [3.8, 4) is 0 Å². The third kappa shape index (κ3) is 3.54. The van der Waals surface area contributed by atoms with E-state index < -0.39 is 0 Å². The second kappa shape index (κ2) is 6.01. The Kier molecular flexibility index (Phi) is 4.58. The first-order valence-corrected chi connectivity index (χ1v) is 7.25. The van der Waals surface area contributed by atoms with Crippen LogP contribution in [0.15, 0.2) is 22.7 Å². The first-order valence-electron chi connectivity index (χ1n) is 6.46. The van der Waals surface area contributed by atoms with Crippen molar-refractivity contribution in [3.05, 3.63) is 34.1 Å². The van der Waals surface area contributed by atoms with Crippen molar-refractivity contribution in [2.45, 2.75) is 38.3 Å². The lowest BCUT2D eigenvalue weighted by Crippen LogP contribution is -2.48. The second-order valence-electron chi connectivity index (χ2n) is 5.15. The number of nitrogens with two attached hydrogens (primary N) is 1. The van der Waals surface area contributed by atoms with Crippen LogP contribution in [-0.4, -0.2) is 29.4 Å². The number of rotatable bonds is 2. The molecular weight excluding hydrogens is 311 g/mol. The fourth-order valence-electron chi connectivity index (χ4n) is 2.50. The van der Waals surface area contributed by atoms with Crippen LogP contribution in [0.5, 0.6) is 0 Å². The van der Waals surface area contributed by atoms with Crippen LogP contribution in [0.2, 0.25) is 0 Å². The van der Waals surface area contributed by atoms with Crippen LogP contribution in [0.4, 0.5) is 4.39 Å². The maximum atomic E-state index is 13.1. The molecule has 5 heteroatoms. The lowest BCUT2D eigenvalue weighted by atomic mass is 9.98. The van der Waals surface area contributed by atoms with Gasteiger partial charge in [0, 0.05) is 18.6 Å². The largest absolute Gasteiger partial charge is 0.340 e. The maximum Gasteiger partial charge on any atom is 0.227 e. The predicted octanol–water partition coefficient (Wildman–Crippen LogP) is 2.47. The molecule has 2 rings (SSSR count). The molecule has 0 saturated carbocycles. The number of benzene rings is 1. The Morgan fingerprint density at radius 2 is 2.32 bits per heavy atom. The fourth-order valence-corrected chi connectivity index (χ4v) is 2.93. The lowest BCUT2D eigenvalue weighted by molar-refractivity contribution is -0.133. The zero-order valence-electron chi connectivity index (χ0n) is 10.9. The Hall–Kier alpha value is -0.940. The van der Waals surface area contributed by atoms with Gasteiger partial charge in [0.15, 0.2) is 0 Å². The van der Waals surface area contributed by atoms with Crippen LogP contribution < -0.4 is 5.73 Å². The summed E-state index contributed by atoms with van der Waals surface area (Å²) in [5.41, 5.74) is 6.71. The van der Waals surface area contributed by atoms with Crippen molar-refractivity contribution in [1.82, 2.24) is 4.90 Å². The van der Waals surface area contributed by atoms with Crippen LogP contribution >= 0.6 is 15.9 Å². The van der Waals surface area contributed by atoms with E-state index in [1.165, 1.54) is 6.07 Å². The van der Waals surface area contributed by atoms with Gasteiger partial charge >= 0.3 is 0 Å². The summed E-state index contributed by atoms with van der Waals surface area (Å²) < 4.78 is 13.5. The minimum absolute atomic E-state index is 0.0814. The van der Waals surface area contributed by atoms with Gasteiger partial charge in [-0.15, -0.1) is 0 Å². The predicted molar refractivity (Wildman–Crippen MR) is 76.2 cm³/mol. The lowest BCUT2D eigenvalue weighted by Gasteiger charge is -2.36. The summed E-state index contributed by atoms with van der Waals surface area (Å²) >= 11 is 3.14. The Morgan fingerprint density at radius 1 is 1.58 bits per heavy atom. The van der Waals surface area contributed by atoms with Crippen molar-refractivity contribution < 1.29 is 9.18 Å². The quantitative estimate of drug-likeness (QED) is 0.906. The molecule has 2 N–H and O–H groups in total. The molecule has 1 heterocycles. The molecule has 1 amide bonds. The van der Waals surface area contributed by atoms with Gasteiger partial charge in [-0.1, -0.05) is 6.07 Å². The van der Waals surface area contributed by atoms with E-state index in [0.717, 1.165) is 18.4 Å². The van der Waals surface area contributed by atoms with Crippen molar-refractivity contribution in [1.29, 1.82) is 0 Å². The summed E-state index contributed by atoms with van der Waals surface area (Å²) in [6, 6.07) is 5.06. The fraction of sp³-hybridized carbons (Fsp3) is 0.500. The third-order valence-electron chi connectivity index (χ3n) is 3.58. The smallest absolute Gasteiger partial charge is 0.227 e. The van der Waals surface area contributed by atoms with E-state index >= 15 is 0 Å². The zero-order valence-corrected chi connectivity index (χ0v) is 12.5. The number of piperidine rings is 1. The number of hydrogen-bond acceptors (Lipinski definition) is 2. The van der Waals surface area contributed by atoms with Crippen molar-refractivity contribution in [3.63, 3.8) is 0 Å². The van der Waals surface area contributed by atoms with Gasteiger partial charge in [-0.05, 0) is 53.4 Å². The minimum atomic E-state index is -0.312. The van der Waals surface area contributed by atoms with Gasteiger partial charge in [0.2, 0.25) is 5.91 Å². The zero-order chi connectivity index (χ0) is 14.0. The van der Waals surface area contributed by atoms with Crippen LogP contribution in [0.25, 0.3) is 0 Å². The summed E-state index contributed by atoms with van der Waals surface area (Å²) in [6.45, 7) is 2.74. The number of halogens is 2. The van der Waals surface area contributed by atoms with Gasteiger partial charge < -0.3 is 10.6 Å². The third-order valence-corrected chi connectivity index (χ3v) is 4.18. The molecule has 0 spiro atoms. The maximum absolute atomic E-state index is 13.1. The summed E-state index contributed by atoms with van der Waals surface area (Å²) in [5.74, 6) is -0.230. The summed E-state index contributed by atoms with van der Waals surface area (Å²) in [4.78, 5) is 14.1. The molecule has 0 radical (unpaired) electrons. The summed E-state index contributed by atoms with van der Waals surface area (Å²) in [7, 11) is 0. The van der Waals surface area contributed by atoms with Gasteiger partial charge in [0.05, 0.1) is 10.9 Å². The Balaban J connectivity index is 2.02. The van der Waals surface area contributed by atoms with E-state index in [2.05, 4.69) is 15.9 Å². The molecule has 1 aliphatic rings. The van der Waals surface area contributed by atoms with E-state index in [-0.39, 0.29) is 23.8 Å². The van der Waals surface area contributed by atoms with Crippen LogP contribution in [0.1, 0.15) is 25.3 Å². The standard InChI is InChI=1S/C14H18BrFN2O/c1-9-6-11(17)4-5-18(9)14(19)8-10-2-3-13(16)12(15)7-10/h2-3,7,9,11H,4-6,8,17H2,1H3/t9-,11+/m0/s1. The molecule has 1 saturated heterocycles. The van der Waals surface area contributed by atoms with Crippen molar-refractivity contribution in [2.75, 3.05) is 6.54 Å². The average molecular weight is 329 g/mol. The Labute approximate surface area is 121 Å². The summed E-state index contributed by atoms with van der Waals surface area (Å²) in [5, 5.41) is 0. The highest BCUT2D eigenvalue weighted by atomic mass is 79.9. The van der Waals surface area contributed by atoms with Crippen LogP contribution in [-0.2, 0) is 11.2 Å². The molecule has 2 atom stereocenters. The number of nitrogens with zero attached hydrogens (tertiary/aromatic N) is 1. The van der Waals surface area contributed by atoms with Gasteiger partial charge in [-0.2, -0.15) is 0 Å². The molecule has 0 bridgehead atoms. The van der Waals surface area contributed by atoms with Crippen LogP contribution in [0, 0.1) is 5.82 Å². The molecule has 1 aliphatic heterocycles. The first-order chi connectivity index (χ1) is 8.97. The highest BCUT2D eigenvalue weighted by Gasteiger charge is 2.26. The van der Waals surface area contributed by atoms with Crippen molar-refractivity contribution in [2.24, 2.45) is 5.73 Å². The molecule has 0 aromatic heterocycles. The molecule has 1 aromatic carbocycles. The number of amides is 1. The molecule has 0 unspecified atom stereocenters. The number of carbonyl (C=O) groups is 1. The Morgan fingerprint density at radius 3 is 2.95 bits per heavy atom. The SMILES string of the molecule is C[C@H]1C[C@H](N)CCN1C(=O)Cc1ccc(F)c(Br)c1.